The van der Waals surface area contributed by atoms with E-state index in [0.29, 0.717) is 0 Å². The largest absolute Gasteiger partial charge is 0.497 e. The second-order valence-electron chi connectivity index (χ2n) is 7.75. The number of guanidine groups is 1. The van der Waals surface area contributed by atoms with Gasteiger partial charge in [0.1, 0.15) is 5.75 Å². The number of halogens is 1. The molecule has 1 atom stereocenters. The lowest BCUT2D eigenvalue weighted by molar-refractivity contribution is -0.146. The van der Waals surface area contributed by atoms with Crippen LogP contribution in [0.25, 0.3) is 0 Å². The average molecular weight is 530 g/mol. The first kappa shape index (κ1) is 24.7. The molecule has 0 bridgehead atoms. The molecule has 1 aromatic carbocycles. The monoisotopic (exact) mass is 530 g/mol. The van der Waals surface area contributed by atoms with E-state index < -0.39 is 0 Å². The van der Waals surface area contributed by atoms with Crippen LogP contribution in [-0.4, -0.2) is 75.7 Å². The van der Waals surface area contributed by atoms with Crippen LogP contribution in [0.15, 0.2) is 29.3 Å². The number of carbonyl (C=O) groups is 1. The molecular weight excluding hydrogens is 495 g/mol. The minimum Gasteiger partial charge on any atom is -0.497 e. The Bertz CT molecular complexity index is 701. The quantitative estimate of drug-likeness (QED) is 0.264. The Morgan fingerprint density at radius 3 is 2.50 bits per heavy atom. The summed E-state index contributed by atoms with van der Waals surface area (Å²) in [4.78, 5) is 21.1. The Morgan fingerprint density at radius 2 is 1.90 bits per heavy atom. The number of benzene rings is 1. The van der Waals surface area contributed by atoms with Crippen LogP contribution in [-0.2, 0) is 9.53 Å². The van der Waals surface area contributed by atoms with Gasteiger partial charge >= 0.3 is 5.97 Å². The summed E-state index contributed by atoms with van der Waals surface area (Å²) in [6.45, 7) is 4.65. The highest BCUT2D eigenvalue weighted by Crippen LogP contribution is 2.27. The van der Waals surface area contributed by atoms with Gasteiger partial charge in [0.2, 0.25) is 0 Å². The number of ether oxygens (including phenoxy) is 2. The van der Waals surface area contributed by atoms with Crippen molar-refractivity contribution in [1.82, 2.24) is 15.1 Å². The lowest BCUT2D eigenvalue weighted by atomic mass is 9.97. The van der Waals surface area contributed by atoms with E-state index in [0.717, 1.165) is 57.3 Å². The molecule has 8 heteroatoms. The van der Waals surface area contributed by atoms with Gasteiger partial charge in [0.25, 0.3) is 0 Å². The molecule has 7 nitrogen and oxygen atoms in total. The Morgan fingerprint density at radius 1 is 1.20 bits per heavy atom. The topological polar surface area (TPSA) is 66.4 Å². The lowest BCUT2D eigenvalue weighted by Gasteiger charge is -2.35. The molecule has 2 saturated heterocycles. The number of hydrogen-bond donors (Lipinski definition) is 1. The summed E-state index contributed by atoms with van der Waals surface area (Å²) in [5.41, 5.74) is 1.26. The number of nitrogens with one attached hydrogen (secondary N) is 1. The molecule has 2 aliphatic rings. The molecule has 3 rings (SSSR count). The summed E-state index contributed by atoms with van der Waals surface area (Å²) in [7, 11) is 5.00. The van der Waals surface area contributed by atoms with Crippen molar-refractivity contribution in [3.05, 3.63) is 29.8 Å². The minimum absolute atomic E-state index is 0. The molecule has 1 unspecified atom stereocenters. The van der Waals surface area contributed by atoms with Crippen molar-refractivity contribution in [3.8, 4) is 5.75 Å². The maximum absolute atomic E-state index is 11.8. The number of methoxy groups -OCH3 is 2. The van der Waals surface area contributed by atoms with Crippen molar-refractivity contribution in [2.45, 2.75) is 31.7 Å². The number of carbonyl (C=O) groups excluding carboxylic acids is 1. The van der Waals surface area contributed by atoms with Crippen LogP contribution >= 0.6 is 24.0 Å². The van der Waals surface area contributed by atoms with Gasteiger partial charge in [0, 0.05) is 26.7 Å². The molecule has 0 radical (unpaired) electrons. The highest BCUT2D eigenvalue weighted by atomic mass is 127. The van der Waals surface area contributed by atoms with E-state index in [2.05, 4.69) is 38.3 Å². The molecule has 2 heterocycles. The van der Waals surface area contributed by atoms with E-state index in [1.165, 1.54) is 25.5 Å². The van der Waals surface area contributed by atoms with Crippen LogP contribution in [0.3, 0.4) is 0 Å². The van der Waals surface area contributed by atoms with Gasteiger partial charge in [0.05, 0.1) is 26.2 Å². The summed E-state index contributed by atoms with van der Waals surface area (Å²) in [5, 5.41) is 3.59. The van der Waals surface area contributed by atoms with Gasteiger partial charge in [-0.3, -0.25) is 14.7 Å². The molecule has 0 aliphatic carbocycles. The van der Waals surface area contributed by atoms with E-state index in [1.807, 2.05) is 13.1 Å². The van der Waals surface area contributed by atoms with Crippen LogP contribution in [0.4, 0.5) is 0 Å². The summed E-state index contributed by atoms with van der Waals surface area (Å²) in [6, 6.07) is 8.64. The minimum atomic E-state index is -0.0975. The molecule has 0 amide bonds. The maximum Gasteiger partial charge on any atom is 0.308 e. The van der Waals surface area contributed by atoms with Crippen molar-refractivity contribution in [3.63, 3.8) is 0 Å². The van der Waals surface area contributed by atoms with Gasteiger partial charge in [-0.25, -0.2) is 0 Å². The number of piperidine rings is 1. The van der Waals surface area contributed by atoms with Crippen molar-refractivity contribution in [2.75, 3.05) is 54.0 Å². The third kappa shape index (κ3) is 6.23. The van der Waals surface area contributed by atoms with E-state index >= 15 is 0 Å². The molecule has 1 N–H and O–H groups in total. The number of likely N-dealkylation sites (tertiary alicyclic amines) is 2. The second kappa shape index (κ2) is 12.3. The molecule has 0 saturated carbocycles. The maximum atomic E-state index is 11.8. The third-order valence-corrected chi connectivity index (χ3v) is 6.05. The van der Waals surface area contributed by atoms with Gasteiger partial charge in [-0.05, 0) is 56.5 Å². The number of rotatable bonds is 6. The van der Waals surface area contributed by atoms with E-state index in [-0.39, 0.29) is 41.9 Å². The Kier molecular flexibility index (Phi) is 10.2. The van der Waals surface area contributed by atoms with Crippen molar-refractivity contribution in [2.24, 2.45) is 10.9 Å². The van der Waals surface area contributed by atoms with Crippen LogP contribution in [0.1, 0.15) is 37.3 Å². The second-order valence-corrected chi connectivity index (χ2v) is 7.75. The van der Waals surface area contributed by atoms with Crippen LogP contribution in [0, 0.1) is 5.92 Å². The fourth-order valence-corrected chi connectivity index (χ4v) is 4.37. The first-order valence-electron chi connectivity index (χ1n) is 10.6. The third-order valence-electron chi connectivity index (χ3n) is 6.05. The smallest absolute Gasteiger partial charge is 0.308 e. The molecule has 0 aromatic heterocycles. The van der Waals surface area contributed by atoms with Crippen LogP contribution in [0.5, 0.6) is 5.75 Å². The molecule has 2 fully saturated rings. The first-order chi connectivity index (χ1) is 14.2. The fraction of sp³-hybridized carbons (Fsp3) is 0.636. The van der Waals surface area contributed by atoms with Gasteiger partial charge in [-0.2, -0.15) is 0 Å². The van der Waals surface area contributed by atoms with Crippen LogP contribution < -0.4 is 10.1 Å². The molecule has 2 aliphatic heterocycles. The van der Waals surface area contributed by atoms with Gasteiger partial charge in [0.15, 0.2) is 5.96 Å². The van der Waals surface area contributed by atoms with Gasteiger partial charge in [-0.15, -0.1) is 24.0 Å². The number of esters is 1. The van der Waals surface area contributed by atoms with Crippen molar-refractivity contribution >= 4 is 35.9 Å². The van der Waals surface area contributed by atoms with E-state index in [9.17, 15) is 4.79 Å². The Labute approximate surface area is 197 Å². The van der Waals surface area contributed by atoms with Gasteiger partial charge < -0.3 is 19.7 Å². The molecule has 168 valence electrons. The van der Waals surface area contributed by atoms with E-state index in [4.69, 9.17) is 9.47 Å². The zero-order chi connectivity index (χ0) is 20.6. The zero-order valence-corrected chi connectivity index (χ0v) is 20.6. The first-order valence-corrected chi connectivity index (χ1v) is 10.6. The normalized spacial score (nSPS) is 19.2. The Hall–Kier alpha value is -1.55. The predicted molar refractivity (Wildman–Crippen MR) is 130 cm³/mol. The zero-order valence-electron chi connectivity index (χ0n) is 18.3. The molecule has 1 aromatic rings. The average Bonchev–Trinajstić information content (AvgIpc) is 3.31. The fourth-order valence-electron chi connectivity index (χ4n) is 4.37. The Balaban J connectivity index is 0.00000320. The standard InChI is InChI=1S/C22H34N4O3.HI/c1-23-22(26-13-9-17(10-14-26)21(27)29-3)24-16-20(25-11-4-5-12-25)18-7-6-8-19(15-18)28-2;/h6-8,15,17,20H,4-5,9-14,16H2,1-3H3,(H,23,24);1H. The summed E-state index contributed by atoms with van der Waals surface area (Å²) < 4.78 is 10.3. The number of hydrogen-bond acceptors (Lipinski definition) is 5. The lowest BCUT2D eigenvalue weighted by Crippen LogP contribution is -2.48. The SMILES string of the molecule is CN=C(NCC(c1cccc(OC)c1)N1CCCC1)N1CCC(C(=O)OC)CC1.I. The van der Waals surface area contributed by atoms with Crippen LogP contribution in [0.2, 0.25) is 0 Å². The van der Waals surface area contributed by atoms with Crippen molar-refractivity contribution < 1.29 is 14.3 Å². The number of aliphatic imine (C=N–C) groups is 1. The predicted octanol–water partition coefficient (Wildman–Crippen LogP) is 2.91. The summed E-state index contributed by atoms with van der Waals surface area (Å²) in [5.74, 6) is 1.70. The molecule has 0 spiro atoms. The van der Waals surface area contributed by atoms with Crippen molar-refractivity contribution in [1.29, 1.82) is 0 Å². The highest BCUT2D eigenvalue weighted by Gasteiger charge is 2.28. The number of nitrogens with zero attached hydrogens (tertiary/aromatic N) is 3. The molecular formula is C22H35IN4O3. The summed E-state index contributed by atoms with van der Waals surface area (Å²) in [6.07, 6.45) is 4.10. The highest BCUT2D eigenvalue weighted by molar-refractivity contribution is 14.0. The van der Waals surface area contributed by atoms with E-state index in [1.54, 1.807) is 7.11 Å². The van der Waals surface area contributed by atoms with Gasteiger partial charge in [-0.1, -0.05) is 12.1 Å². The molecule has 30 heavy (non-hydrogen) atoms. The summed E-state index contributed by atoms with van der Waals surface area (Å²) >= 11 is 0.